The van der Waals surface area contributed by atoms with Crippen LogP contribution in [0, 0.1) is 11.6 Å². The maximum Gasteiger partial charge on any atom is 0.277 e. The van der Waals surface area contributed by atoms with Crippen molar-refractivity contribution >= 4 is 22.6 Å². The van der Waals surface area contributed by atoms with E-state index < -0.39 is 27.9 Å². The highest BCUT2D eigenvalue weighted by molar-refractivity contribution is 7.87. The summed E-state index contributed by atoms with van der Waals surface area (Å²) in [6.07, 6.45) is 0.639. The first-order valence-electron chi connectivity index (χ1n) is 7.24. The van der Waals surface area contributed by atoms with Gasteiger partial charge in [0.15, 0.2) is 11.6 Å². The fourth-order valence-corrected chi connectivity index (χ4v) is 4.00. The Morgan fingerprint density at radius 1 is 1.26 bits per heavy atom. The Balaban J connectivity index is 0.00000264. The van der Waals surface area contributed by atoms with E-state index in [1.807, 2.05) is 0 Å². The molecule has 3 N–H and O–H groups in total. The van der Waals surface area contributed by atoms with Gasteiger partial charge in [0, 0.05) is 24.5 Å². The van der Waals surface area contributed by atoms with Crippen molar-refractivity contribution in [2.75, 3.05) is 13.1 Å². The molecule has 0 radical (unpaired) electrons. The van der Waals surface area contributed by atoms with E-state index in [1.54, 1.807) is 13.8 Å². The van der Waals surface area contributed by atoms with E-state index in [4.69, 9.17) is 0 Å². The monoisotopic (exact) mass is 369 g/mol. The number of halogens is 3. The van der Waals surface area contributed by atoms with Gasteiger partial charge in [-0.3, -0.25) is 0 Å². The van der Waals surface area contributed by atoms with Gasteiger partial charge in [0.2, 0.25) is 0 Å². The maximum atomic E-state index is 13.4. The minimum absolute atomic E-state index is 0. The zero-order valence-corrected chi connectivity index (χ0v) is 14.6. The lowest BCUT2D eigenvalue weighted by molar-refractivity contribution is 0.374. The molecule has 0 amide bonds. The summed E-state index contributed by atoms with van der Waals surface area (Å²) in [6, 6.07) is 3.07. The van der Waals surface area contributed by atoms with E-state index in [0.717, 1.165) is 12.1 Å². The molecule has 0 aromatic heterocycles. The van der Waals surface area contributed by atoms with Crippen LogP contribution >= 0.6 is 12.4 Å². The molecule has 1 aliphatic heterocycles. The zero-order valence-electron chi connectivity index (χ0n) is 13.0. The first-order chi connectivity index (χ1) is 10.3. The summed E-state index contributed by atoms with van der Waals surface area (Å²) in [5.41, 5.74) is 0.595. The van der Waals surface area contributed by atoms with Crippen LogP contribution in [0.4, 0.5) is 8.78 Å². The van der Waals surface area contributed by atoms with Crippen LogP contribution in [0.3, 0.4) is 0 Å². The predicted molar refractivity (Wildman–Crippen MR) is 87.9 cm³/mol. The number of hydrogen-bond donors (Lipinski definition) is 3. The molecule has 2 rings (SSSR count). The molecule has 1 saturated heterocycles. The number of rotatable bonds is 5. The second-order valence-corrected chi connectivity index (χ2v) is 7.25. The molecular formula is C14H22ClF2N3O2S. The van der Waals surface area contributed by atoms with Gasteiger partial charge in [-0.1, -0.05) is 6.07 Å². The number of piperidine rings is 1. The lowest BCUT2D eigenvalue weighted by Gasteiger charge is -2.33. The van der Waals surface area contributed by atoms with Gasteiger partial charge >= 0.3 is 0 Å². The molecule has 1 aliphatic rings. The Morgan fingerprint density at radius 2 is 1.96 bits per heavy atom. The van der Waals surface area contributed by atoms with Crippen LogP contribution in [-0.2, 0) is 10.2 Å². The first kappa shape index (κ1) is 20.2. The minimum atomic E-state index is -3.65. The van der Waals surface area contributed by atoms with Crippen molar-refractivity contribution in [1.82, 2.24) is 14.8 Å². The number of hydrogen-bond acceptors (Lipinski definition) is 3. The van der Waals surface area contributed by atoms with E-state index in [9.17, 15) is 17.2 Å². The van der Waals surface area contributed by atoms with Gasteiger partial charge in [-0.2, -0.15) is 17.9 Å². The van der Waals surface area contributed by atoms with Gasteiger partial charge < -0.3 is 5.32 Å². The molecule has 9 heteroatoms. The van der Waals surface area contributed by atoms with E-state index >= 15 is 0 Å². The summed E-state index contributed by atoms with van der Waals surface area (Å²) >= 11 is 0. The van der Waals surface area contributed by atoms with Gasteiger partial charge in [-0.15, -0.1) is 12.4 Å². The smallest absolute Gasteiger partial charge is 0.277 e. The second kappa shape index (κ2) is 8.34. The predicted octanol–water partition coefficient (Wildman–Crippen LogP) is 1.66. The summed E-state index contributed by atoms with van der Waals surface area (Å²) in [7, 11) is -3.65. The van der Waals surface area contributed by atoms with E-state index in [-0.39, 0.29) is 24.4 Å². The summed E-state index contributed by atoms with van der Waals surface area (Å²) in [6.45, 7) is 4.58. The lowest BCUT2D eigenvalue weighted by Crippen LogP contribution is -2.53. The molecule has 1 heterocycles. The molecule has 23 heavy (non-hydrogen) atoms. The van der Waals surface area contributed by atoms with Crippen molar-refractivity contribution in [3.8, 4) is 0 Å². The van der Waals surface area contributed by atoms with Crippen LogP contribution in [0.25, 0.3) is 0 Å². The minimum Gasteiger partial charge on any atom is -0.315 e. The number of benzene rings is 1. The van der Waals surface area contributed by atoms with Gasteiger partial charge in [0.1, 0.15) is 0 Å². The topological polar surface area (TPSA) is 70.2 Å². The van der Waals surface area contributed by atoms with Crippen molar-refractivity contribution in [3.63, 3.8) is 0 Å². The van der Waals surface area contributed by atoms with Crippen molar-refractivity contribution in [2.24, 2.45) is 0 Å². The third-order valence-electron chi connectivity index (χ3n) is 3.55. The molecule has 1 fully saturated rings. The van der Waals surface area contributed by atoms with Crippen molar-refractivity contribution in [1.29, 1.82) is 0 Å². The highest BCUT2D eigenvalue weighted by Gasteiger charge is 2.30. The van der Waals surface area contributed by atoms with Gasteiger partial charge in [0.05, 0.1) is 0 Å². The Morgan fingerprint density at radius 3 is 2.57 bits per heavy atom. The third kappa shape index (κ3) is 5.65. The fourth-order valence-electron chi connectivity index (χ4n) is 2.67. The average Bonchev–Trinajstić information content (AvgIpc) is 2.40. The van der Waals surface area contributed by atoms with Crippen LogP contribution in [0.15, 0.2) is 18.2 Å². The van der Waals surface area contributed by atoms with E-state index in [1.165, 1.54) is 6.07 Å². The van der Waals surface area contributed by atoms with E-state index in [2.05, 4.69) is 14.8 Å². The Kier molecular flexibility index (Phi) is 7.34. The first-order valence-corrected chi connectivity index (χ1v) is 8.72. The zero-order chi connectivity index (χ0) is 16.3. The molecule has 5 nitrogen and oxygen atoms in total. The largest absolute Gasteiger partial charge is 0.315 e. The maximum absolute atomic E-state index is 13.4. The molecule has 0 saturated carbocycles. The molecule has 1 aromatic rings. The van der Waals surface area contributed by atoms with Crippen LogP contribution in [0.2, 0.25) is 0 Å². The van der Waals surface area contributed by atoms with Crippen molar-refractivity contribution in [3.05, 3.63) is 35.4 Å². The standard InChI is InChI=1S/C14H21F2N3O2S.ClH/c1-9(2)18-22(20,21)19-14-8-17-6-5-11(14)10-3-4-12(15)13(16)7-10;/h3-4,7,9,11,14,17-19H,5-6,8H2,1-2H3;1H. The van der Waals surface area contributed by atoms with Crippen LogP contribution < -0.4 is 14.8 Å². The second-order valence-electron chi connectivity index (χ2n) is 5.77. The normalized spacial score (nSPS) is 22.0. The summed E-state index contributed by atoms with van der Waals surface area (Å²) < 4.78 is 55.6. The molecule has 0 aliphatic carbocycles. The molecule has 0 bridgehead atoms. The highest BCUT2D eigenvalue weighted by Crippen LogP contribution is 2.27. The number of nitrogens with one attached hydrogen (secondary N) is 3. The average molecular weight is 370 g/mol. The Labute approximate surface area is 141 Å². The molecule has 132 valence electrons. The van der Waals surface area contributed by atoms with E-state index in [0.29, 0.717) is 25.1 Å². The van der Waals surface area contributed by atoms with Crippen LogP contribution in [0.5, 0.6) is 0 Å². The van der Waals surface area contributed by atoms with Gasteiger partial charge in [-0.05, 0) is 44.5 Å². The lowest BCUT2D eigenvalue weighted by atomic mass is 9.86. The molecule has 2 unspecified atom stereocenters. The van der Waals surface area contributed by atoms with Crippen LogP contribution in [-0.4, -0.2) is 33.6 Å². The van der Waals surface area contributed by atoms with Gasteiger partial charge in [-0.25, -0.2) is 8.78 Å². The fraction of sp³-hybridized carbons (Fsp3) is 0.571. The van der Waals surface area contributed by atoms with Crippen molar-refractivity contribution < 1.29 is 17.2 Å². The molecule has 2 atom stereocenters. The SMILES string of the molecule is CC(C)NS(=O)(=O)NC1CNCCC1c1ccc(F)c(F)c1.Cl. The van der Waals surface area contributed by atoms with Gasteiger partial charge in [0.25, 0.3) is 10.2 Å². The molecular weight excluding hydrogens is 348 g/mol. The summed E-state index contributed by atoms with van der Waals surface area (Å²) in [5.74, 6) is -2.03. The molecule has 1 aromatic carbocycles. The Bertz CT molecular complexity index is 628. The quantitative estimate of drug-likeness (QED) is 0.739. The summed E-state index contributed by atoms with van der Waals surface area (Å²) in [4.78, 5) is 0. The molecule has 0 spiro atoms. The third-order valence-corrected chi connectivity index (χ3v) is 4.95. The summed E-state index contributed by atoms with van der Waals surface area (Å²) in [5, 5.41) is 3.11. The van der Waals surface area contributed by atoms with Crippen molar-refractivity contribution in [2.45, 2.75) is 38.3 Å². The van der Waals surface area contributed by atoms with Crippen LogP contribution in [0.1, 0.15) is 31.7 Å². The highest BCUT2D eigenvalue weighted by atomic mass is 35.5. The Hall–Kier alpha value is -0.800.